The molecular formula is C8H6O18S10. The van der Waals surface area contributed by atoms with Crippen molar-refractivity contribution < 1.29 is 77.8 Å². The molecule has 0 unspecified atom stereocenters. The van der Waals surface area contributed by atoms with E-state index in [2.05, 4.69) is 0 Å². The Morgan fingerprint density at radius 1 is 0.389 bits per heavy atom. The minimum atomic E-state index is -5.79. The minimum absolute atomic E-state index is 0.446. The van der Waals surface area contributed by atoms with E-state index < -0.39 is 141 Å². The molecule has 0 aliphatic rings. The quantitative estimate of drug-likeness (QED) is 0.148. The first-order chi connectivity index (χ1) is 15.7. The maximum absolute atomic E-state index is 11.8. The summed E-state index contributed by atoms with van der Waals surface area (Å²) in [5, 5.41) is 0. The van der Waals surface area contributed by atoms with E-state index >= 15 is 0 Å². The summed E-state index contributed by atoms with van der Waals surface area (Å²) in [7, 11) is -34.9. The zero-order chi connectivity index (χ0) is 28.4. The third-order valence-corrected chi connectivity index (χ3v) is 16.6. The molecule has 0 amide bonds. The molecule has 2 aromatic rings. The van der Waals surface area contributed by atoms with E-state index in [-0.39, 0.29) is 0 Å². The first-order valence-electron chi connectivity index (χ1n) is 7.21. The van der Waals surface area contributed by atoms with Gasteiger partial charge in [0.25, 0.3) is 20.2 Å². The zero-order valence-corrected chi connectivity index (χ0v) is 23.8. The molecular weight excluding hydrogens is 705 g/mol. The van der Waals surface area contributed by atoms with Gasteiger partial charge in [0.1, 0.15) is 9.79 Å². The second-order valence-electron chi connectivity index (χ2n) is 5.69. The van der Waals surface area contributed by atoms with Crippen LogP contribution in [0.4, 0.5) is 0 Å². The van der Waals surface area contributed by atoms with Gasteiger partial charge in [0.2, 0.25) is 0 Å². The van der Waals surface area contributed by atoms with Crippen molar-refractivity contribution in [3.63, 3.8) is 0 Å². The fourth-order valence-corrected chi connectivity index (χ4v) is 16.7. The van der Waals surface area contributed by atoms with Crippen molar-refractivity contribution in [3.05, 3.63) is 0 Å². The van der Waals surface area contributed by atoms with Crippen molar-refractivity contribution in [3.8, 4) is 0 Å². The molecule has 0 saturated heterocycles. The Morgan fingerprint density at radius 3 is 0.778 bits per heavy atom. The molecule has 0 aromatic carbocycles. The Hall–Kier alpha value is -0.440. The molecule has 6 N–H and O–H groups in total. The maximum atomic E-state index is 11.8. The van der Waals surface area contributed by atoms with Crippen molar-refractivity contribution in [1.29, 1.82) is 0 Å². The van der Waals surface area contributed by atoms with Crippen LogP contribution in [0.2, 0.25) is 0 Å². The summed E-state index contributed by atoms with van der Waals surface area (Å²) in [6.45, 7) is 0. The van der Waals surface area contributed by atoms with Gasteiger partial charge in [0.15, 0.2) is 16.8 Å². The molecule has 0 aliphatic carbocycles. The highest BCUT2D eigenvalue weighted by molar-refractivity contribution is 8.76. The van der Waals surface area contributed by atoms with E-state index in [9.17, 15) is 77.8 Å². The fourth-order valence-electron chi connectivity index (χ4n) is 2.08. The summed E-state index contributed by atoms with van der Waals surface area (Å²) in [6.07, 6.45) is 0. The predicted molar refractivity (Wildman–Crippen MR) is 119 cm³/mol. The van der Waals surface area contributed by atoms with Gasteiger partial charge < -0.3 is 0 Å². The summed E-state index contributed by atoms with van der Waals surface area (Å²) >= 11 is -1.25. The molecule has 28 heteroatoms. The van der Waals surface area contributed by atoms with Crippen LogP contribution in [0, 0.1) is 0 Å². The Morgan fingerprint density at radius 2 is 0.611 bits per heavy atom. The largest absolute Gasteiger partial charge is 0.305 e. The van der Waals surface area contributed by atoms with Crippen molar-refractivity contribution in [2.24, 2.45) is 0 Å². The normalized spacial score (nSPS) is 14.3. The molecule has 2 heterocycles. The van der Waals surface area contributed by atoms with E-state index in [4.69, 9.17) is 0 Å². The van der Waals surface area contributed by atoms with Gasteiger partial charge >= 0.3 is 40.5 Å². The van der Waals surface area contributed by atoms with Crippen molar-refractivity contribution in [1.82, 2.24) is 0 Å². The fraction of sp³-hybridized carbons (Fsp3) is 0. The molecule has 0 saturated carbocycles. The highest BCUT2D eigenvalue weighted by Gasteiger charge is 2.40. The van der Waals surface area contributed by atoms with E-state index in [1.165, 1.54) is 0 Å². The highest BCUT2D eigenvalue weighted by atomic mass is 33.1. The molecule has 206 valence electrons. The summed E-state index contributed by atoms with van der Waals surface area (Å²) in [4.78, 5) is -6.70. The Bertz CT molecular complexity index is 1760. The average Bonchev–Trinajstić information content (AvgIpc) is 3.17. The van der Waals surface area contributed by atoms with E-state index in [0.29, 0.717) is 0 Å². The van der Waals surface area contributed by atoms with E-state index in [1.54, 1.807) is 0 Å². The molecule has 0 radical (unpaired) electrons. The summed E-state index contributed by atoms with van der Waals surface area (Å²) < 4.78 is 189. The molecule has 36 heavy (non-hydrogen) atoms. The SMILES string of the molecule is O=S(=O)(O)c1sc(S(=O)(=O)O)c(S(=O)(=O)O)c1SSc1c(S(=O)(=O)O)sc(S(=O)(=O)O)c1S(=O)(=O)O. The highest BCUT2D eigenvalue weighted by Crippen LogP contribution is 2.54. The van der Waals surface area contributed by atoms with Gasteiger partial charge in [0.05, 0.1) is 9.79 Å². The molecule has 2 rings (SSSR count). The van der Waals surface area contributed by atoms with Crippen LogP contribution in [0.15, 0.2) is 36.4 Å². The molecule has 0 spiro atoms. The average molecular weight is 711 g/mol. The van der Waals surface area contributed by atoms with Crippen LogP contribution in [0.1, 0.15) is 0 Å². The van der Waals surface area contributed by atoms with Crippen LogP contribution in [-0.2, 0) is 60.7 Å². The maximum Gasteiger partial charge on any atom is 0.305 e. The van der Waals surface area contributed by atoms with Gasteiger partial charge in [-0.15, -0.1) is 22.7 Å². The number of thiophene rings is 2. The monoisotopic (exact) mass is 710 g/mol. The number of hydrogen-bond acceptors (Lipinski definition) is 16. The van der Waals surface area contributed by atoms with Gasteiger partial charge in [-0.25, -0.2) is 0 Å². The molecule has 0 fully saturated rings. The smallest absolute Gasteiger partial charge is 0.282 e. The summed E-state index contributed by atoms with van der Waals surface area (Å²) in [5.41, 5.74) is 0. The van der Waals surface area contributed by atoms with Gasteiger partial charge in [-0.2, -0.15) is 50.5 Å². The zero-order valence-electron chi connectivity index (χ0n) is 15.7. The summed E-state index contributed by atoms with van der Waals surface area (Å²) in [5.74, 6) is 0. The van der Waals surface area contributed by atoms with Gasteiger partial charge in [-0.3, -0.25) is 27.3 Å². The molecule has 2 aromatic heterocycles. The second-order valence-corrected chi connectivity index (χ2v) is 19.1. The van der Waals surface area contributed by atoms with Gasteiger partial charge in [-0.05, 0) is 21.6 Å². The third-order valence-electron chi connectivity index (χ3n) is 3.19. The lowest BCUT2D eigenvalue weighted by Gasteiger charge is -2.07. The molecule has 0 bridgehead atoms. The van der Waals surface area contributed by atoms with E-state index in [0.717, 1.165) is 0 Å². The molecule has 0 aliphatic heterocycles. The molecule has 18 nitrogen and oxygen atoms in total. The second kappa shape index (κ2) is 9.63. The lowest BCUT2D eigenvalue weighted by molar-refractivity contribution is 0.466. The standard InChI is InChI=1S/C8H6O18S10/c9-31(10,11)3-1(5(33(15,16)17)27-7(3)35(21,22)23)29-30-2-4(32(12,13)14)8(36(24,25)26)28-6(2)34(18,19)20/h(H,9,10,11)(H,12,13,14)(H,15,16,17)(H,18,19,20)(H,21,22,23)(H,24,25,26). The van der Waals surface area contributed by atoms with Gasteiger partial charge in [-0.1, -0.05) is 0 Å². The minimum Gasteiger partial charge on any atom is -0.282 e. The lowest BCUT2D eigenvalue weighted by atomic mass is 10.6. The number of rotatable bonds is 9. The van der Waals surface area contributed by atoms with E-state index in [1.807, 2.05) is 0 Å². The topological polar surface area (TPSA) is 326 Å². The predicted octanol–water partition coefficient (Wildman–Crippen LogP) is 0.0892. The van der Waals surface area contributed by atoms with Crippen LogP contribution in [-0.4, -0.2) is 77.8 Å². The Kier molecular flexibility index (Phi) is 8.50. The summed E-state index contributed by atoms with van der Waals surface area (Å²) in [6, 6.07) is 0. The number of hydrogen-bond donors (Lipinski definition) is 6. The van der Waals surface area contributed by atoms with Crippen molar-refractivity contribution >= 4 is 105 Å². The van der Waals surface area contributed by atoms with Crippen LogP contribution >= 0.6 is 44.3 Å². The lowest BCUT2D eigenvalue weighted by Crippen LogP contribution is -2.07. The van der Waals surface area contributed by atoms with Crippen LogP contribution in [0.3, 0.4) is 0 Å². The first-order valence-corrected chi connectivity index (χ1v) is 19.6. The van der Waals surface area contributed by atoms with Gasteiger partial charge in [0, 0.05) is 0 Å². The van der Waals surface area contributed by atoms with Crippen molar-refractivity contribution in [2.45, 2.75) is 36.4 Å². The van der Waals surface area contributed by atoms with Crippen LogP contribution in [0.25, 0.3) is 0 Å². The Balaban J connectivity index is 3.03. The van der Waals surface area contributed by atoms with Crippen molar-refractivity contribution in [2.75, 3.05) is 0 Å². The third kappa shape index (κ3) is 6.76. The Labute approximate surface area is 217 Å². The molecule has 0 atom stereocenters. The van der Waals surface area contributed by atoms with Crippen LogP contribution < -0.4 is 0 Å². The first kappa shape index (κ1) is 31.8. The van der Waals surface area contributed by atoms with Crippen LogP contribution in [0.5, 0.6) is 0 Å².